The van der Waals surface area contributed by atoms with Gasteiger partial charge in [0.1, 0.15) is 11.6 Å². The van der Waals surface area contributed by atoms with E-state index in [2.05, 4.69) is 6.07 Å². The van der Waals surface area contributed by atoms with Crippen molar-refractivity contribution in [3.05, 3.63) is 253 Å². The minimum atomic E-state index is -5.25. The van der Waals surface area contributed by atoms with Gasteiger partial charge in [-0.2, -0.15) is 31.6 Å². The Morgan fingerprint density at radius 2 is 0.607 bits per heavy atom. The van der Waals surface area contributed by atoms with Gasteiger partial charge in [0.2, 0.25) is 0 Å². The number of fused-ring (bicyclic) bond motifs is 6. The summed E-state index contributed by atoms with van der Waals surface area (Å²) >= 11 is 0. The van der Waals surface area contributed by atoms with Crippen molar-refractivity contribution in [1.29, 1.82) is 5.26 Å². The molecule has 0 aliphatic rings. The minimum Gasteiger partial charge on any atom is -0.308 e. The molecule has 0 bridgehead atoms. The minimum absolute atomic E-state index is 0.00334. The predicted molar refractivity (Wildman–Crippen MR) is 315 cm³/mol. The molecule has 0 amide bonds. The number of hydrogen-bond acceptors (Lipinski definition) is 7. The standard InChI is InChI=1S/C69H39F6N9/c70-68(71,72)53-28-17-29-54(69(73,74)75)61(53)47-38-59(83-55-30-15-13-26-48(55)50-34-32-45(36-57(50)83)66-79-62(41-18-5-1-6-19-41)77-63(80-66)42-20-7-2-8-21-42)52(40-76)60(39-47)84-56-31-16-14-27-49(56)51-35-33-46(37-58(51)84)67-81-64(43-22-9-3-10-23-43)78-65(82-67)44-24-11-4-12-25-44/h1-39H. The maximum Gasteiger partial charge on any atom is 0.417 e. The van der Waals surface area contributed by atoms with E-state index in [-0.39, 0.29) is 28.6 Å². The van der Waals surface area contributed by atoms with Gasteiger partial charge in [-0.05, 0) is 54.1 Å². The van der Waals surface area contributed by atoms with Crippen LogP contribution in [0.25, 0.3) is 134 Å². The summed E-state index contributed by atoms with van der Waals surface area (Å²) in [6, 6.07) is 70.3. The van der Waals surface area contributed by atoms with Crippen LogP contribution < -0.4 is 0 Å². The molecule has 0 fully saturated rings. The van der Waals surface area contributed by atoms with Crippen LogP contribution in [0.4, 0.5) is 26.3 Å². The number of rotatable bonds is 9. The molecule has 0 aliphatic heterocycles. The largest absolute Gasteiger partial charge is 0.417 e. The van der Waals surface area contributed by atoms with Gasteiger partial charge in [-0.1, -0.05) is 188 Å². The lowest BCUT2D eigenvalue weighted by Crippen LogP contribution is -2.15. The Kier molecular flexibility index (Phi) is 12.3. The molecule has 9 nitrogen and oxygen atoms in total. The zero-order valence-corrected chi connectivity index (χ0v) is 43.8. The average molecular weight is 1110 g/mol. The molecule has 84 heavy (non-hydrogen) atoms. The molecule has 15 heteroatoms. The molecule has 14 aromatic rings. The molecular formula is C69H39F6N9. The summed E-state index contributed by atoms with van der Waals surface area (Å²) in [6.07, 6.45) is -10.5. The maximum absolute atomic E-state index is 15.5. The summed E-state index contributed by atoms with van der Waals surface area (Å²) in [7, 11) is 0. The van der Waals surface area contributed by atoms with Crippen molar-refractivity contribution in [1.82, 2.24) is 39.0 Å². The molecule has 0 unspecified atom stereocenters. The van der Waals surface area contributed by atoms with E-state index in [0.29, 0.717) is 90.2 Å². The highest BCUT2D eigenvalue weighted by Gasteiger charge is 2.41. The molecule has 0 radical (unpaired) electrons. The second-order valence-corrected chi connectivity index (χ2v) is 20.0. The second-order valence-electron chi connectivity index (χ2n) is 20.0. The van der Waals surface area contributed by atoms with Crippen LogP contribution in [0, 0.1) is 11.3 Å². The van der Waals surface area contributed by atoms with Gasteiger partial charge in [-0.15, -0.1) is 0 Å². The van der Waals surface area contributed by atoms with Crippen molar-refractivity contribution >= 4 is 43.6 Å². The lowest BCUT2D eigenvalue weighted by molar-refractivity contribution is -0.142. The molecule has 0 spiro atoms. The maximum atomic E-state index is 15.5. The van der Waals surface area contributed by atoms with Crippen LogP contribution in [-0.2, 0) is 12.4 Å². The summed E-state index contributed by atoms with van der Waals surface area (Å²) in [5.41, 5.74) is 1.26. The Hall–Kier alpha value is -11.1. The molecule has 14 rings (SSSR count). The fraction of sp³-hybridized carbons (Fsp3) is 0.0290. The predicted octanol–water partition coefficient (Wildman–Crippen LogP) is 17.8. The molecule has 0 saturated heterocycles. The number of alkyl halides is 6. The SMILES string of the molecule is N#Cc1c(-n2c3ccccc3c3ccc(-c4nc(-c5ccccc5)nc(-c5ccccc5)n4)cc32)cc(-c2c(C(F)(F)F)cccc2C(F)(F)F)cc1-n1c2ccccc2c2ccc(-c3nc(-c4ccccc4)nc(-c4ccccc4)n3)cc21. The van der Waals surface area contributed by atoms with Crippen LogP contribution in [-0.4, -0.2) is 39.0 Å². The zero-order valence-electron chi connectivity index (χ0n) is 43.8. The second kappa shape index (κ2) is 20.2. The van der Waals surface area contributed by atoms with Gasteiger partial charge in [0.15, 0.2) is 34.9 Å². The van der Waals surface area contributed by atoms with E-state index in [1.54, 1.807) is 33.4 Å². The summed E-state index contributed by atoms with van der Waals surface area (Å²) in [6.45, 7) is 0. The van der Waals surface area contributed by atoms with Crippen molar-refractivity contribution in [2.75, 3.05) is 0 Å². The lowest BCUT2D eigenvalue weighted by Gasteiger charge is -2.22. The Morgan fingerprint density at radius 1 is 0.298 bits per heavy atom. The monoisotopic (exact) mass is 1110 g/mol. The zero-order chi connectivity index (χ0) is 57.3. The molecule has 0 atom stereocenters. The number of halogens is 6. The van der Waals surface area contributed by atoms with Crippen molar-refractivity contribution in [2.24, 2.45) is 0 Å². The van der Waals surface area contributed by atoms with Crippen LogP contribution in [0.1, 0.15) is 16.7 Å². The summed E-state index contributed by atoms with van der Waals surface area (Å²) < 4.78 is 96.6. The van der Waals surface area contributed by atoms with Crippen molar-refractivity contribution in [3.8, 4) is 96.9 Å². The highest BCUT2D eigenvalue weighted by molar-refractivity contribution is 6.12. The first kappa shape index (κ1) is 51.1. The third-order valence-electron chi connectivity index (χ3n) is 14.9. The highest BCUT2D eigenvalue weighted by Crippen LogP contribution is 2.48. The topological polar surface area (TPSA) is 111 Å². The molecule has 0 N–H and O–H groups in total. The average Bonchev–Trinajstić information content (AvgIpc) is 1.67. The molecule has 10 aromatic carbocycles. The first-order chi connectivity index (χ1) is 40.9. The van der Waals surface area contributed by atoms with Crippen molar-refractivity contribution < 1.29 is 26.3 Å². The first-order valence-electron chi connectivity index (χ1n) is 26.6. The van der Waals surface area contributed by atoms with Gasteiger partial charge in [0.05, 0.1) is 44.6 Å². The van der Waals surface area contributed by atoms with E-state index in [4.69, 9.17) is 29.9 Å². The van der Waals surface area contributed by atoms with Crippen molar-refractivity contribution in [2.45, 2.75) is 12.4 Å². The first-order valence-corrected chi connectivity index (χ1v) is 26.6. The quantitative estimate of drug-likeness (QED) is 0.132. The third kappa shape index (κ3) is 8.93. The van der Waals surface area contributed by atoms with E-state index in [1.165, 1.54) is 12.1 Å². The Labute approximate surface area is 474 Å². The summed E-state index contributed by atoms with van der Waals surface area (Å²) in [5.74, 6) is 2.15. The molecule has 0 saturated carbocycles. The van der Waals surface area contributed by atoms with E-state index in [9.17, 15) is 5.26 Å². The molecule has 0 aliphatic carbocycles. The van der Waals surface area contributed by atoms with Gasteiger partial charge in [-0.25, -0.2) is 29.9 Å². The highest BCUT2D eigenvalue weighted by atomic mass is 19.4. The number of hydrogen-bond donors (Lipinski definition) is 0. The van der Waals surface area contributed by atoms with Crippen molar-refractivity contribution in [3.63, 3.8) is 0 Å². The number of nitrogens with zero attached hydrogens (tertiary/aromatic N) is 9. The van der Waals surface area contributed by atoms with Crippen LogP contribution in [0.5, 0.6) is 0 Å². The molecule has 4 heterocycles. The van der Waals surface area contributed by atoms with Gasteiger partial charge in [0.25, 0.3) is 0 Å². The van der Waals surface area contributed by atoms with E-state index < -0.39 is 34.6 Å². The normalized spacial score (nSPS) is 11.9. The summed E-state index contributed by atoms with van der Waals surface area (Å²) in [4.78, 5) is 29.6. The van der Waals surface area contributed by atoms with E-state index in [0.717, 1.165) is 28.3 Å². The van der Waals surface area contributed by atoms with E-state index >= 15 is 26.3 Å². The van der Waals surface area contributed by atoms with Gasteiger partial charge in [0, 0.05) is 60.5 Å². The number of benzene rings is 10. The van der Waals surface area contributed by atoms with E-state index in [1.807, 2.05) is 182 Å². The lowest BCUT2D eigenvalue weighted by atomic mass is 9.91. The third-order valence-corrected chi connectivity index (χ3v) is 14.9. The van der Waals surface area contributed by atoms with Crippen LogP contribution in [0.2, 0.25) is 0 Å². The summed E-state index contributed by atoms with van der Waals surface area (Å²) in [5, 5.41) is 14.6. The van der Waals surface area contributed by atoms with Crippen LogP contribution in [0.3, 0.4) is 0 Å². The number of para-hydroxylation sites is 2. The molecular weight excluding hydrogens is 1070 g/mol. The fourth-order valence-electron chi connectivity index (χ4n) is 11.2. The Morgan fingerprint density at radius 3 is 0.940 bits per heavy atom. The Balaban J connectivity index is 1.08. The Bertz CT molecular complexity index is 4520. The fourth-order valence-corrected chi connectivity index (χ4v) is 11.2. The van der Waals surface area contributed by atoms with Gasteiger partial charge < -0.3 is 9.13 Å². The number of nitriles is 1. The van der Waals surface area contributed by atoms with Gasteiger partial charge in [-0.3, -0.25) is 0 Å². The van der Waals surface area contributed by atoms with Crippen LogP contribution >= 0.6 is 0 Å². The smallest absolute Gasteiger partial charge is 0.308 e. The van der Waals surface area contributed by atoms with Crippen LogP contribution in [0.15, 0.2) is 237 Å². The van der Waals surface area contributed by atoms with Gasteiger partial charge >= 0.3 is 12.4 Å². The number of aromatic nitrogens is 8. The molecule has 402 valence electrons. The molecule has 4 aromatic heterocycles.